The van der Waals surface area contributed by atoms with E-state index in [1.165, 1.54) is 22.2 Å². The second-order valence-electron chi connectivity index (χ2n) is 6.39. The van der Waals surface area contributed by atoms with Crippen LogP contribution < -0.4 is 5.32 Å². The fourth-order valence-corrected chi connectivity index (χ4v) is 5.08. The summed E-state index contributed by atoms with van der Waals surface area (Å²) in [5.74, 6) is -0.230. The summed E-state index contributed by atoms with van der Waals surface area (Å²) < 4.78 is 0. The van der Waals surface area contributed by atoms with Crippen molar-refractivity contribution in [2.45, 2.75) is 23.8 Å². The van der Waals surface area contributed by atoms with Gasteiger partial charge in [-0.15, -0.1) is 11.3 Å². The van der Waals surface area contributed by atoms with E-state index in [0.29, 0.717) is 16.8 Å². The van der Waals surface area contributed by atoms with Crippen molar-refractivity contribution in [2.75, 3.05) is 5.32 Å². The Morgan fingerprint density at radius 2 is 1.97 bits per heavy atom. The summed E-state index contributed by atoms with van der Waals surface area (Å²) in [6, 6.07) is 16.4. The quantitative estimate of drug-likeness (QED) is 0.439. The highest BCUT2D eigenvalue weighted by Gasteiger charge is 2.17. The molecule has 5 nitrogen and oxygen atoms in total. The molecule has 0 bridgehead atoms. The van der Waals surface area contributed by atoms with Crippen molar-refractivity contribution in [2.24, 2.45) is 0 Å². The Labute approximate surface area is 176 Å². The van der Waals surface area contributed by atoms with Crippen LogP contribution in [0, 0.1) is 25.2 Å². The number of nitrogens with one attached hydrogen (secondary N) is 1. The zero-order valence-corrected chi connectivity index (χ0v) is 17.4. The van der Waals surface area contributed by atoms with Gasteiger partial charge in [0.2, 0.25) is 0 Å². The van der Waals surface area contributed by atoms with E-state index < -0.39 is 0 Å². The first kappa shape index (κ1) is 19.1. The molecule has 0 saturated carbocycles. The Balaban J connectivity index is 1.67. The molecular weight excluding hydrogens is 400 g/mol. The largest absolute Gasteiger partial charge is 0.322 e. The highest BCUT2D eigenvalue weighted by molar-refractivity contribution is 7.99. The van der Waals surface area contributed by atoms with Gasteiger partial charge in [-0.3, -0.25) is 4.79 Å². The SMILES string of the molecule is Cc1sc2ncnc(Sc3ccccc3C(=O)Nc3cccc(C#N)c3)c2c1C. The van der Waals surface area contributed by atoms with Crippen LogP contribution >= 0.6 is 23.1 Å². The molecule has 0 aliphatic rings. The molecule has 7 heteroatoms. The lowest BCUT2D eigenvalue weighted by Gasteiger charge is -2.10. The molecule has 0 aliphatic carbocycles. The predicted molar refractivity (Wildman–Crippen MR) is 117 cm³/mol. The van der Waals surface area contributed by atoms with Crippen molar-refractivity contribution < 1.29 is 4.79 Å². The van der Waals surface area contributed by atoms with Gasteiger partial charge in [0, 0.05) is 20.8 Å². The van der Waals surface area contributed by atoms with E-state index in [0.717, 1.165) is 20.1 Å². The van der Waals surface area contributed by atoms with Crippen molar-refractivity contribution in [3.05, 3.63) is 76.4 Å². The number of rotatable bonds is 4. The molecule has 4 aromatic rings. The van der Waals surface area contributed by atoms with E-state index >= 15 is 0 Å². The van der Waals surface area contributed by atoms with Crippen LogP contribution in [0.1, 0.15) is 26.4 Å². The molecular formula is C22H16N4OS2. The number of carbonyl (C=O) groups excluding carboxylic acids is 1. The third-order valence-electron chi connectivity index (χ3n) is 4.52. The Hall–Kier alpha value is -3.21. The lowest BCUT2D eigenvalue weighted by Crippen LogP contribution is -2.13. The van der Waals surface area contributed by atoms with Crippen LogP contribution in [0.4, 0.5) is 5.69 Å². The molecule has 0 fully saturated rings. The smallest absolute Gasteiger partial charge is 0.256 e. The maximum Gasteiger partial charge on any atom is 0.256 e. The van der Waals surface area contributed by atoms with E-state index in [2.05, 4.69) is 35.2 Å². The minimum atomic E-state index is -0.230. The van der Waals surface area contributed by atoms with Gasteiger partial charge >= 0.3 is 0 Å². The van der Waals surface area contributed by atoms with Crippen LogP contribution in [-0.4, -0.2) is 15.9 Å². The first-order valence-electron chi connectivity index (χ1n) is 8.86. The zero-order chi connectivity index (χ0) is 20.4. The Morgan fingerprint density at radius 3 is 2.79 bits per heavy atom. The fraction of sp³-hybridized carbons (Fsp3) is 0.0909. The summed E-state index contributed by atoms with van der Waals surface area (Å²) in [7, 11) is 0. The third kappa shape index (κ3) is 3.86. The lowest BCUT2D eigenvalue weighted by atomic mass is 10.2. The maximum atomic E-state index is 12.9. The summed E-state index contributed by atoms with van der Waals surface area (Å²) in [6.45, 7) is 4.15. The molecule has 0 unspecified atom stereocenters. The Kier molecular flexibility index (Phi) is 5.30. The number of benzene rings is 2. The van der Waals surface area contributed by atoms with E-state index in [1.54, 1.807) is 48.0 Å². The van der Waals surface area contributed by atoms with Crippen molar-refractivity contribution in [1.29, 1.82) is 5.26 Å². The molecule has 0 radical (unpaired) electrons. The number of nitrogens with zero attached hydrogens (tertiary/aromatic N) is 3. The minimum Gasteiger partial charge on any atom is -0.322 e. The molecule has 4 rings (SSSR count). The standard InChI is InChI=1S/C22H16N4OS2/c1-13-14(2)28-21-19(13)22(25-12-24-21)29-18-9-4-3-8-17(18)20(27)26-16-7-5-6-15(10-16)11-23/h3-10,12H,1-2H3,(H,26,27). The molecule has 142 valence electrons. The Bertz CT molecular complexity index is 1270. The Morgan fingerprint density at radius 1 is 1.14 bits per heavy atom. The number of fused-ring (bicyclic) bond motifs is 1. The van der Waals surface area contributed by atoms with Crippen LogP contribution in [0.25, 0.3) is 10.2 Å². The highest BCUT2D eigenvalue weighted by Crippen LogP contribution is 2.38. The zero-order valence-electron chi connectivity index (χ0n) is 15.8. The average Bonchev–Trinajstić information content (AvgIpc) is 3.03. The highest BCUT2D eigenvalue weighted by atomic mass is 32.2. The summed E-state index contributed by atoms with van der Waals surface area (Å²) in [4.78, 5) is 24.8. The molecule has 1 amide bonds. The molecule has 0 aliphatic heterocycles. The molecule has 1 N–H and O–H groups in total. The minimum absolute atomic E-state index is 0.230. The fourth-order valence-electron chi connectivity index (χ4n) is 2.94. The van der Waals surface area contributed by atoms with Gasteiger partial charge in [-0.1, -0.05) is 30.0 Å². The molecule has 0 saturated heterocycles. The average molecular weight is 417 g/mol. The number of amides is 1. The van der Waals surface area contributed by atoms with Crippen LogP contribution in [0.2, 0.25) is 0 Å². The molecule has 0 atom stereocenters. The molecule has 2 aromatic heterocycles. The molecule has 29 heavy (non-hydrogen) atoms. The van der Waals surface area contributed by atoms with Gasteiger partial charge in [0.25, 0.3) is 5.91 Å². The van der Waals surface area contributed by atoms with Crippen LogP contribution in [0.3, 0.4) is 0 Å². The number of hydrogen-bond donors (Lipinski definition) is 1. The van der Waals surface area contributed by atoms with Gasteiger partial charge in [0.05, 0.1) is 17.2 Å². The summed E-state index contributed by atoms with van der Waals surface area (Å²) in [6.07, 6.45) is 1.57. The second kappa shape index (κ2) is 8.03. The van der Waals surface area contributed by atoms with Gasteiger partial charge in [-0.05, 0) is 49.7 Å². The number of hydrogen-bond acceptors (Lipinski definition) is 6. The summed E-state index contributed by atoms with van der Waals surface area (Å²) in [5, 5.41) is 13.8. The van der Waals surface area contributed by atoms with Gasteiger partial charge in [-0.2, -0.15) is 5.26 Å². The topological polar surface area (TPSA) is 78.7 Å². The van der Waals surface area contributed by atoms with Gasteiger partial charge < -0.3 is 5.32 Å². The number of aromatic nitrogens is 2. The first-order valence-corrected chi connectivity index (χ1v) is 10.5. The van der Waals surface area contributed by atoms with Crippen molar-refractivity contribution >= 4 is 44.9 Å². The summed E-state index contributed by atoms with van der Waals surface area (Å²) >= 11 is 3.11. The van der Waals surface area contributed by atoms with Crippen molar-refractivity contribution in [3.8, 4) is 6.07 Å². The maximum absolute atomic E-state index is 12.9. The number of carbonyl (C=O) groups is 1. The van der Waals surface area contributed by atoms with Gasteiger partial charge in [0.1, 0.15) is 16.2 Å². The number of thiophene rings is 1. The van der Waals surface area contributed by atoms with E-state index in [1.807, 2.05) is 18.2 Å². The first-order chi connectivity index (χ1) is 14.1. The van der Waals surface area contributed by atoms with E-state index in [-0.39, 0.29) is 5.91 Å². The van der Waals surface area contributed by atoms with Gasteiger partial charge in [-0.25, -0.2) is 9.97 Å². The number of anilines is 1. The third-order valence-corrected chi connectivity index (χ3v) is 6.71. The van der Waals surface area contributed by atoms with Gasteiger partial charge in [0.15, 0.2) is 0 Å². The lowest BCUT2D eigenvalue weighted by molar-refractivity contribution is 0.102. The molecule has 2 aromatic carbocycles. The number of aryl methyl sites for hydroxylation is 2. The van der Waals surface area contributed by atoms with Crippen molar-refractivity contribution in [1.82, 2.24) is 9.97 Å². The van der Waals surface area contributed by atoms with E-state index in [9.17, 15) is 4.79 Å². The summed E-state index contributed by atoms with van der Waals surface area (Å²) in [5.41, 5.74) is 2.80. The normalized spacial score (nSPS) is 10.7. The predicted octanol–water partition coefficient (Wildman–Crippen LogP) is 5.58. The monoisotopic (exact) mass is 416 g/mol. The van der Waals surface area contributed by atoms with Crippen molar-refractivity contribution in [3.63, 3.8) is 0 Å². The molecule has 2 heterocycles. The molecule has 0 spiro atoms. The van der Waals surface area contributed by atoms with Crippen LogP contribution in [0.5, 0.6) is 0 Å². The van der Waals surface area contributed by atoms with Crippen LogP contribution in [0.15, 0.2) is 64.8 Å². The van der Waals surface area contributed by atoms with Crippen LogP contribution in [-0.2, 0) is 0 Å². The second-order valence-corrected chi connectivity index (χ2v) is 8.62. The number of nitriles is 1. The van der Waals surface area contributed by atoms with E-state index in [4.69, 9.17) is 5.26 Å².